The summed E-state index contributed by atoms with van der Waals surface area (Å²) in [5.74, 6) is 0. The van der Waals surface area contributed by atoms with E-state index >= 15 is 0 Å². The lowest BCUT2D eigenvalue weighted by atomic mass is 9.88. The standard InChI is InChI=1S/C14H23BrN2O/c1-4-14(11-18,16-8-9-17(2)3)12-6-5-7-13(15)10-12/h5-7,10,16,18H,4,8-9,11H2,1-3H3. The van der Waals surface area contributed by atoms with Crippen LogP contribution >= 0.6 is 15.9 Å². The van der Waals surface area contributed by atoms with E-state index in [1.165, 1.54) is 0 Å². The third kappa shape index (κ3) is 4.05. The summed E-state index contributed by atoms with van der Waals surface area (Å²) in [4.78, 5) is 2.13. The van der Waals surface area contributed by atoms with Crippen molar-refractivity contribution in [1.29, 1.82) is 0 Å². The molecule has 102 valence electrons. The van der Waals surface area contributed by atoms with Crippen molar-refractivity contribution in [3.8, 4) is 0 Å². The first kappa shape index (κ1) is 15.6. The average Bonchev–Trinajstić information content (AvgIpc) is 2.35. The Balaban J connectivity index is 2.85. The lowest BCUT2D eigenvalue weighted by Gasteiger charge is -2.33. The Morgan fingerprint density at radius 2 is 2.11 bits per heavy atom. The predicted molar refractivity (Wildman–Crippen MR) is 79.8 cm³/mol. The number of aliphatic hydroxyl groups is 1. The molecule has 1 aromatic rings. The van der Waals surface area contributed by atoms with Crippen LogP contribution in [-0.4, -0.2) is 43.8 Å². The molecule has 1 rings (SSSR count). The first-order chi connectivity index (χ1) is 8.54. The van der Waals surface area contributed by atoms with E-state index in [2.05, 4.69) is 45.2 Å². The lowest BCUT2D eigenvalue weighted by Crippen LogP contribution is -2.47. The summed E-state index contributed by atoms with van der Waals surface area (Å²) in [6.45, 7) is 4.01. The monoisotopic (exact) mass is 314 g/mol. The maximum atomic E-state index is 9.79. The number of rotatable bonds is 7. The lowest BCUT2D eigenvalue weighted by molar-refractivity contribution is 0.152. The molecule has 1 unspecified atom stereocenters. The molecule has 4 heteroatoms. The van der Waals surface area contributed by atoms with Crippen LogP contribution in [0.4, 0.5) is 0 Å². The van der Waals surface area contributed by atoms with E-state index in [-0.39, 0.29) is 12.1 Å². The predicted octanol–water partition coefficient (Wildman–Crippen LogP) is 2.20. The molecule has 0 aliphatic heterocycles. The van der Waals surface area contributed by atoms with Crippen molar-refractivity contribution in [2.45, 2.75) is 18.9 Å². The molecule has 0 amide bonds. The van der Waals surface area contributed by atoms with Crippen molar-refractivity contribution in [2.24, 2.45) is 0 Å². The molecule has 0 saturated carbocycles. The Bertz CT molecular complexity index is 365. The van der Waals surface area contributed by atoms with Crippen LogP contribution in [0.15, 0.2) is 28.7 Å². The number of likely N-dealkylation sites (N-methyl/N-ethyl adjacent to an activating group) is 1. The van der Waals surface area contributed by atoms with Crippen LogP contribution < -0.4 is 5.32 Å². The van der Waals surface area contributed by atoms with Crippen LogP contribution in [0.3, 0.4) is 0 Å². The van der Waals surface area contributed by atoms with Gasteiger partial charge in [0, 0.05) is 17.6 Å². The summed E-state index contributed by atoms with van der Waals surface area (Å²) in [6.07, 6.45) is 0.855. The zero-order chi connectivity index (χ0) is 13.6. The van der Waals surface area contributed by atoms with Gasteiger partial charge in [-0.1, -0.05) is 35.0 Å². The quantitative estimate of drug-likeness (QED) is 0.810. The molecule has 2 N–H and O–H groups in total. The molecule has 1 aromatic carbocycles. The highest BCUT2D eigenvalue weighted by Gasteiger charge is 2.28. The minimum atomic E-state index is -0.347. The molecule has 3 nitrogen and oxygen atoms in total. The molecule has 1 atom stereocenters. The second-order valence-electron chi connectivity index (χ2n) is 4.83. The van der Waals surface area contributed by atoms with E-state index in [4.69, 9.17) is 0 Å². The highest BCUT2D eigenvalue weighted by molar-refractivity contribution is 9.10. The van der Waals surface area contributed by atoms with Crippen molar-refractivity contribution >= 4 is 15.9 Å². The van der Waals surface area contributed by atoms with E-state index in [9.17, 15) is 5.11 Å². The SMILES string of the molecule is CCC(CO)(NCCN(C)C)c1cccc(Br)c1. The van der Waals surface area contributed by atoms with E-state index in [1.54, 1.807) is 0 Å². The fourth-order valence-corrected chi connectivity index (χ4v) is 2.39. The van der Waals surface area contributed by atoms with Crippen LogP contribution in [0.2, 0.25) is 0 Å². The second kappa shape index (κ2) is 7.24. The highest BCUT2D eigenvalue weighted by atomic mass is 79.9. The smallest absolute Gasteiger partial charge is 0.0667 e. The summed E-state index contributed by atoms with van der Waals surface area (Å²) in [5, 5.41) is 13.3. The van der Waals surface area contributed by atoms with E-state index in [0.717, 1.165) is 29.5 Å². The van der Waals surface area contributed by atoms with Gasteiger partial charge < -0.3 is 15.3 Å². The Morgan fingerprint density at radius 1 is 1.39 bits per heavy atom. The number of aliphatic hydroxyl groups excluding tert-OH is 1. The van der Waals surface area contributed by atoms with Crippen LogP contribution in [-0.2, 0) is 5.54 Å². The normalized spacial score (nSPS) is 14.8. The number of nitrogens with one attached hydrogen (secondary N) is 1. The van der Waals surface area contributed by atoms with Crippen molar-refractivity contribution in [3.05, 3.63) is 34.3 Å². The number of hydrogen-bond donors (Lipinski definition) is 2. The van der Waals surface area contributed by atoms with Gasteiger partial charge in [0.2, 0.25) is 0 Å². The van der Waals surface area contributed by atoms with Gasteiger partial charge in [-0.25, -0.2) is 0 Å². The molecular weight excluding hydrogens is 292 g/mol. The van der Waals surface area contributed by atoms with E-state index in [0.29, 0.717) is 0 Å². The van der Waals surface area contributed by atoms with Gasteiger partial charge in [0.25, 0.3) is 0 Å². The Morgan fingerprint density at radius 3 is 2.61 bits per heavy atom. The van der Waals surface area contributed by atoms with Crippen LogP contribution in [0.25, 0.3) is 0 Å². The zero-order valence-corrected chi connectivity index (χ0v) is 13.0. The van der Waals surface area contributed by atoms with Gasteiger partial charge in [-0.15, -0.1) is 0 Å². The average molecular weight is 315 g/mol. The molecule has 0 saturated heterocycles. The summed E-state index contributed by atoms with van der Waals surface area (Å²) in [6, 6.07) is 8.14. The zero-order valence-electron chi connectivity index (χ0n) is 11.4. The number of benzene rings is 1. The molecule has 0 radical (unpaired) electrons. The van der Waals surface area contributed by atoms with Gasteiger partial charge >= 0.3 is 0 Å². The number of hydrogen-bond acceptors (Lipinski definition) is 3. The van der Waals surface area contributed by atoms with Crippen molar-refractivity contribution in [3.63, 3.8) is 0 Å². The summed E-state index contributed by atoms with van der Waals surface area (Å²) in [7, 11) is 4.10. The fourth-order valence-electron chi connectivity index (χ4n) is 2.00. The minimum Gasteiger partial charge on any atom is -0.394 e. The third-order valence-electron chi connectivity index (χ3n) is 3.27. The molecule has 0 aliphatic rings. The van der Waals surface area contributed by atoms with Gasteiger partial charge in [0.15, 0.2) is 0 Å². The molecule has 0 heterocycles. The van der Waals surface area contributed by atoms with Crippen LogP contribution in [0.5, 0.6) is 0 Å². The largest absolute Gasteiger partial charge is 0.394 e. The molecule has 0 aromatic heterocycles. The minimum absolute atomic E-state index is 0.105. The van der Waals surface area contributed by atoms with Gasteiger partial charge in [0.1, 0.15) is 0 Å². The summed E-state index contributed by atoms with van der Waals surface area (Å²) >= 11 is 3.49. The van der Waals surface area contributed by atoms with Gasteiger partial charge in [0.05, 0.1) is 12.1 Å². The Hall–Kier alpha value is -0.420. The molecular formula is C14H23BrN2O. The molecule has 0 spiro atoms. The van der Waals surface area contributed by atoms with E-state index < -0.39 is 0 Å². The molecule has 0 bridgehead atoms. The Kier molecular flexibility index (Phi) is 6.29. The first-order valence-corrected chi connectivity index (χ1v) is 7.10. The van der Waals surface area contributed by atoms with E-state index in [1.807, 2.05) is 26.2 Å². The maximum absolute atomic E-state index is 9.79. The van der Waals surface area contributed by atoms with Gasteiger partial charge in [-0.2, -0.15) is 0 Å². The fraction of sp³-hybridized carbons (Fsp3) is 0.571. The molecule has 0 fully saturated rings. The number of halogens is 1. The van der Waals surface area contributed by atoms with Crippen molar-refractivity contribution < 1.29 is 5.11 Å². The highest BCUT2D eigenvalue weighted by Crippen LogP contribution is 2.26. The first-order valence-electron chi connectivity index (χ1n) is 6.30. The third-order valence-corrected chi connectivity index (χ3v) is 3.77. The van der Waals surface area contributed by atoms with Crippen LogP contribution in [0.1, 0.15) is 18.9 Å². The second-order valence-corrected chi connectivity index (χ2v) is 5.75. The molecule has 0 aliphatic carbocycles. The van der Waals surface area contributed by atoms with Crippen molar-refractivity contribution in [2.75, 3.05) is 33.8 Å². The summed E-state index contributed by atoms with van der Waals surface area (Å²) < 4.78 is 1.04. The molecule has 18 heavy (non-hydrogen) atoms. The topological polar surface area (TPSA) is 35.5 Å². The van der Waals surface area contributed by atoms with Gasteiger partial charge in [-0.3, -0.25) is 0 Å². The Labute approximate surface area is 118 Å². The maximum Gasteiger partial charge on any atom is 0.0667 e. The van der Waals surface area contributed by atoms with Crippen LogP contribution in [0, 0.1) is 0 Å². The number of nitrogens with zero attached hydrogens (tertiary/aromatic N) is 1. The van der Waals surface area contributed by atoms with Crippen molar-refractivity contribution in [1.82, 2.24) is 10.2 Å². The summed E-state index contributed by atoms with van der Waals surface area (Å²) in [5.41, 5.74) is 0.778. The van der Waals surface area contributed by atoms with Gasteiger partial charge in [-0.05, 0) is 38.2 Å².